The van der Waals surface area contributed by atoms with Crippen LogP contribution in [0.2, 0.25) is 0 Å². The van der Waals surface area contributed by atoms with Gasteiger partial charge in [0, 0.05) is 39.3 Å². The lowest BCUT2D eigenvalue weighted by Crippen LogP contribution is -2.46. The van der Waals surface area contributed by atoms with Crippen molar-refractivity contribution in [1.29, 1.82) is 0 Å². The summed E-state index contributed by atoms with van der Waals surface area (Å²) in [7, 11) is 5.72. The Labute approximate surface area is 182 Å². The van der Waals surface area contributed by atoms with Crippen LogP contribution in [0.3, 0.4) is 0 Å². The maximum Gasteiger partial charge on any atom is 0.191 e. The Morgan fingerprint density at radius 3 is 2.47 bits per heavy atom. The van der Waals surface area contributed by atoms with Crippen LogP contribution in [0.4, 0.5) is 0 Å². The number of aliphatic imine (C=N–C) groups is 1. The molecular formula is C23H41N5O2. The minimum absolute atomic E-state index is 0.262. The highest BCUT2D eigenvalue weighted by molar-refractivity contribution is 5.79. The first-order chi connectivity index (χ1) is 14.5. The molecule has 2 rings (SSSR count). The Bertz CT molecular complexity index is 615. The number of rotatable bonds is 11. The summed E-state index contributed by atoms with van der Waals surface area (Å²) in [5, 5.41) is 6.98. The Morgan fingerprint density at radius 1 is 1.17 bits per heavy atom. The number of ether oxygens (including phenoxy) is 2. The van der Waals surface area contributed by atoms with Crippen LogP contribution >= 0.6 is 0 Å². The second kappa shape index (κ2) is 13.5. The van der Waals surface area contributed by atoms with Crippen LogP contribution in [0.25, 0.3) is 0 Å². The lowest BCUT2D eigenvalue weighted by molar-refractivity contribution is 0.0170. The molecule has 7 nitrogen and oxygen atoms in total. The Kier molecular flexibility index (Phi) is 11.0. The van der Waals surface area contributed by atoms with Crippen molar-refractivity contribution < 1.29 is 9.47 Å². The monoisotopic (exact) mass is 419 g/mol. The number of nitrogens with zero attached hydrogens (tertiary/aromatic N) is 3. The maximum absolute atomic E-state index is 5.55. The van der Waals surface area contributed by atoms with E-state index in [2.05, 4.69) is 58.5 Å². The lowest BCUT2D eigenvalue weighted by atomic mass is 10.0. The van der Waals surface area contributed by atoms with Gasteiger partial charge in [0.1, 0.15) is 5.75 Å². The van der Waals surface area contributed by atoms with Gasteiger partial charge in [-0.15, -0.1) is 0 Å². The molecule has 0 bridgehead atoms. The predicted octanol–water partition coefficient (Wildman–Crippen LogP) is 2.35. The van der Waals surface area contributed by atoms with E-state index < -0.39 is 0 Å². The molecule has 0 saturated carbocycles. The molecule has 0 aromatic heterocycles. The third kappa shape index (κ3) is 8.13. The number of methoxy groups -OCH3 is 1. The second-order valence-electron chi connectivity index (χ2n) is 8.10. The van der Waals surface area contributed by atoms with Crippen molar-refractivity contribution in [3.63, 3.8) is 0 Å². The largest absolute Gasteiger partial charge is 0.497 e. The summed E-state index contributed by atoms with van der Waals surface area (Å²) in [6.45, 7) is 10.8. The molecule has 1 aromatic carbocycles. The number of guanidine groups is 1. The summed E-state index contributed by atoms with van der Waals surface area (Å²) in [6, 6.07) is 9.23. The Morgan fingerprint density at radius 2 is 1.87 bits per heavy atom. The van der Waals surface area contributed by atoms with E-state index in [9.17, 15) is 0 Å². The summed E-state index contributed by atoms with van der Waals surface area (Å²) in [5.74, 6) is 1.74. The summed E-state index contributed by atoms with van der Waals surface area (Å²) in [6.07, 6.45) is 2.31. The van der Waals surface area contributed by atoms with E-state index in [4.69, 9.17) is 9.47 Å². The maximum atomic E-state index is 5.55. The van der Waals surface area contributed by atoms with Gasteiger partial charge in [0.15, 0.2) is 5.96 Å². The summed E-state index contributed by atoms with van der Waals surface area (Å²) in [5.41, 5.74) is 1.28. The molecule has 1 fully saturated rings. The zero-order chi connectivity index (χ0) is 21.8. The van der Waals surface area contributed by atoms with Gasteiger partial charge in [-0.3, -0.25) is 9.89 Å². The highest BCUT2D eigenvalue weighted by Gasteiger charge is 2.23. The fourth-order valence-corrected chi connectivity index (χ4v) is 3.54. The molecule has 0 spiro atoms. The molecule has 0 radical (unpaired) electrons. The molecule has 170 valence electrons. The Hall–Kier alpha value is -1.83. The van der Waals surface area contributed by atoms with Gasteiger partial charge in [-0.25, -0.2) is 0 Å². The lowest BCUT2D eigenvalue weighted by Gasteiger charge is -2.35. The minimum atomic E-state index is 0.262. The topological polar surface area (TPSA) is 61.4 Å². The van der Waals surface area contributed by atoms with Gasteiger partial charge in [0.25, 0.3) is 0 Å². The highest BCUT2D eigenvalue weighted by atomic mass is 16.5. The quantitative estimate of drug-likeness (QED) is 0.326. The molecule has 30 heavy (non-hydrogen) atoms. The minimum Gasteiger partial charge on any atom is -0.497 e. The van der Waals surface area contributed by atoms with Crippen molar-refractivity contribution in [1.82, 2.24) is 20.4 Å². The first-order valence-corrected chi connectivity index (χ1v) is 11.2. The first-order valence-electron chi connectivity index (χ1n) is 11.2. The number of nitrogens with one attached hydrogen (secondary N) is 2. The van der Waals surface area contributed by atoms with E-state index in [-0.39, 0.29) is 6.04 Å². The SMILES string of the molecule is CN=C(NCCCCN(C)C(C)C)NCC(c1ccc(OC)cc1)N1CCOCC1. The predicted molar refractivity (Wildman–Crippen MR) is 124 cm³/mol. The number of unbranched alkanes of at least 4 members (excludes halogenated alkanes) is 1. The molecular weight excluding hydrogens is 378 g/mol. The van der Waals surface area contributed by atoms with Crippen molar-refractivity contribution in [2.75, 3.05) is 67.1 Å². The molecule has 7 heteroatoms. The molecule has 1 saturated heterocycles. The van der Waals surface area contributed by atoms with Crippen LogP contribution in [-0.4, -0.2) is 88.9 Å². The average molecular weight is 420 g/mol. The van der Waals surface area contributed by atoms with Crippen molar-refractivity contribution in [3.05, 3.63) is 29.8 Å². The summed E-state index contributed by atoms with van der Waals surface area (Å²) < 4.78 is 10.9. The van der Waals surface area contributed by atoms with Gasteiger partial charge >= 0.3 is 0 Å². The van der Waals surface area contributed by atoms with Crippen molar-refractivity contribution in [2.45, 2.75) is 38.8 Å². The van der Waals surface area contributed by atoms with E-state index in [0.717, 1.165) is 64.1 Å². The molecule has 1 unspecified atom stereocenters. The zero-order valence-electron chi connectivity index (χ0n) is 19.5. The van der Waals surface area contributed by atoms with Crippen LogP contribution in [0, 0.1) is 0 Å². The fraction of sp³-hybridized carbons (Fsp3) is 0.696. The summed E-state index contributed by atoms with van der Waals surface area (Å²) >= 11 is 0. The van der Waals surface area contributed by atoms with Crippen LogP contribution in [0.5, 0.6) is 5.75 Å². The van der Waals surface area contributed by atoms with E-state index in [1.54, 1.807) is 7.11 Å². The van der Waals surface area contributed by atoms with Gasteiger partial charge in [0.2, 0.25) is 0 Å². The van der Waals surface area contributed by atoms with Gasteiger partial charge in [-0.1, -0.05) is 12.1 Å². The number of benzene rings is 1. The average Bonchev–Trinajstić information content (AvgIpc) is 2.78. The zero-order valence-corrected chi connectivity index (χ0v) is 19.5. The molecule has 1 aliphatic heterocycles. The smallest absolute Gasteiger partial charge is 0.191 e. The highest BCUT2D eigenvalue weighted by Crippen LogP contribution is 2.23. The molecule has 1 aromatic rings. The Balaban J connectivity index is 1.86. The van der Waals surface area contributed by atoms with Crippen LogP contribution in [0.1, 0.15) is 38.3 Å². The van der Waals surface area contributed by atoms with Crippen molar-refractivity contribution in [2.24, 2.45) is 4.99 Å². The normalized spacial score (nSPS) is 16.7. The molecule has 1 aliphatic rings. The summed E-state index contributed by atoms with van der Waals surface area (Å²) in [4.78, 5) is 9.27. The van der Waals surface area contributed by atoms with E-state index in [0.29, 0.717) is 6.04 Å². The van der Waals surface area contributed by atoms with E-state index in [1.807, 2.05) is 19.2 Å². The van der Waals surface area contributed by atoms with Gasteiger partial charge in [0.05, 0.1) is 26.4 Å². The van der Waals surface area contributed by atoms with Crippen LogP contribution in [0.15, 0.2) is 29.3 Å². The van der Waals surface area contributed by atoms with E-state index in [1.165, 1.54) is 12.0 Å². The van der Waals surface area contributed by atoms with Crippen LogP contribution < -0.4 is 15.4 Å². The van der Waals surface area contributed by atoms with Crippen molar-refractivity contribution in [3.8, 4) is 5.75 Å². The van der Waals surface area contributed by atoms with Gasteiger partial charge in [-0.2, -0.15) is 0 Å². The molecule has 0 amide bonds. The first kappa shape index (κ1) is 24.4. The standard InChI is InChI=1S/C23H41N5O2/c1-19(2)27(4)13-7-6-12-25-23(24-3)26-18-22(28-14-16-30-17-15-28)20-8-10-21(29-5)11-9-20/h8-11,19,22H,6-7,12-18H2,1-5H3,(H2,24,25,26). The van der Waals surface area contributed by atoms with Crippen molar-refractivity contribution >= 4 is 5.96 Å². The fourth-order valence-electron chi connectivity index (χ4n) is 3.54. The molecule has 1 atom stereocenters. The number of hydrogen-bond donors (Lipinski definition) is 2. The third-order valence-electron chi connectivity index (χ3n) is 5.79. The molecule has 0 aliphatic carbocycles. The number of morpholine rings is 1. The van der Waals surface area contributed by atoms with Crippen LogP contribution in [-0.2, 0) is 4.74 Å². The second-order valence-corrected chi connectivity index (χ2v) is 8.10. The number of hydrogen-bond acceptors (Lipinski definition) is 5. The van der Waals surface area contributed by atoms with Gasteiger partial charge < -0.3 is 25.0 Å². The van der Waals surface area contributed by atoms with Gasteiger partial charge in [-0.05, 0) is 58.0 Å². The van der Waals surface area contributed by atoms with E-state index >= 15 is 0 Å². The molecule has 1 heterocycles. The molecule has 2 N–H and O–H groups in total. The third-order valence-corrected chi connectivity index (χ3v) is 5.79.